The Morgan fingerprint density at radius 1 is 1.31 bits per heavy atom. The number of pyridine rings is 2. The maximum absolute atomic E-state index is 15.1. The Hall–Kier alpha value is -2.90. The van der Waals surface area contributed by atoms with Crippen LogP contribution in [-0.2, 0) is 5.54 Å². The molecule has 4 rings (SSSR count). The van der Waals surface area contributed by atoms with Crippen molar-refractivity contribution in [3.8, 4) is 5.75 Å². The van der Waals surface area contributed by atoms with Crippen LogP contribution in [-0.4, -0.2) is 49.4 Å². The number of halogens is 3. The van der Waals surface area contributed by atoms with Crippen LogP contribution in [0.5, 0.6) is 5.75 Å². The van der Waals surface area contributed by atoms with Gasteiger partial charge in [-0.25, -0.2) is 14.4 Å². The molecule has 1 fully saturated rings. The van der Waals surface area contributed by atoms with Gasteiger partial charge in [0.2, 0.25) is 0 Å². The van der Waals surface area contributed by atoms with Crippen molar-refractivity contribution in [3.63, 3.8) is 0 Å². The fourth-order valence-corrected chi connectivity index (χ4v) is 7.92. The molecule has 0 aromatic carbocycles. The summed E-state index contributed by atoms with van der Waals surface area (Å²) in [5.41, 5.74) is 4.87. The summed E-state index contributed by atoms with van der Waals surface area (Å²) in [6.45, 7) is 2.91. The number of aromatic nitrogens is 2. The summed E-state index contributed by atoms with van der Waals surface area (Å²) < 4.78 is 58.1. The molecular weight excluding hydrogens is 485 g/mol. The van der Waals surface area contributed by atoms with Crippen molar-refractivity contribution in [1.82, 2.24) is 14.7 Å². The maximum atomic E-state index is 15.1. The smallest absolute Gasteiger partial charge is 0.387 e. The number of amidine groups is 1. The van der Waals surface area contributed by atoms with Crippen molar-refractivity contribution in [2.75, 3.05) is 11.9 Å². The Morgan fingerprint density at radius 3 is 2.71 bits per heavy atom. The lowest BCUT2D eigenvalue weighted by molar-refractivity contribution is -0.0500. The Kier molecular flexibility index (Phi) is 6.45. The lowest BCUT2D eigenvalue weighted by Crippen LogP contribution is -2.62. The molecule has 0 unspecified atom stereocenters. The van der Waals surface area contributed by atoms with E-state index in [0.29, 0.717) is 13.0 Å². The Morgan fingerprint density at radius 2 is 2.06 bits per heavy atom. The van der Waals surface area contributed by atoms with Crippen molar-refractivity contribution in [2.24, 2.45) is 10.7 Å². The first-order chi connectivity index (χ1) is 16.4. The van der Waals surface area contributed by atoms with Crippen molar-refractivity contribution >= 4 is 28.1 Å². The van der Waals surface area contributed by atoms with E-state index in [-0.39, 0.29) is 28.8 Å². The number of nitrogens with zero attached hydrogens (tertiary/aromatic N) is 3. The first-order valence-corrected chi connectivity index (χ1v) is 12.6. The molecule has 1 amide bonds. The fourth-order valence-electron chi connectivity index (χ4n) is 4.49. The SMILES string of the molecule is CC1(C)C(N)=N[C@](C)(c2nc(NC(=O)c3ccc(OC(F)F)cn3)ccc2F)[C@@H]2CCCN[S@@]21O. The van der Waals surface area contributed by atoms with E-state index in [9.17, 15) is 18.1 Å². The van der Waals surface area contributed by atoms with Crippen LogP contribution < -0.4 is 20.5 Å². The summed E-state index contributed by atoms with van der Waals surface area (Å²) in [7, 11) is -2.55. The lowest BCUT2D eigenvalue weighted by Gasteiger charge is -2.61. The van der Waals surface area contributed by atoms with Crippen LogP contribution in [0.2, 0.25) is 0 Å². The van der Waals surface area contributed by atoms with E-state index in [4.69, 9.17) is 5.73 Å². The molecule has 0 spiro atoms. The molecule has 1 saturated heterocycles. The van der Waals surface area contributed by atoms with Crippen LogP contribution in [0.15, 0.2) is 35.5 Å². The third-order valence-electron chi connectivity index (χ3n) is 6.51. The molecule has 0 bridgehead atoms. The number of ether oxygens (including phenoxy) is 1. The molecule has 0 saturated carbocycles. The van der Waals surface area contributed by atoms with Crippen LogP contribution in [0.25, 0.3) is 0 Å². The quantitative estimate of drug-likeness (QED) is 0.479. The minimum Gasteiger partial charge on any atom is -0.433 e. The number of rotatable bonds is 5. The molecule has 9 nitrogen and oxygen atoms in total. The molecule has 2 aromatic rings. The number of carbonyl (C=O) groups excluding carboxylic acids is 1. The van der Waals surface area contributed by atoms with E-state index in [1.807, 2.05) is 13.8 Å². The van der Waals surface area contributed by atoms with Gasteiger partial charge in [0.25, 0.3) is 5.91 Å². The summed E-state index contributed by atoms with van der Waals surface area (Å²) in [5.74, 6) is -1.31. The number of aliphatic imine (C=N–C) groups is 1. The Labute approximate surface area is 202 Å². The molecule has 4 heterocycles. The van der Waals surface area contributed by atoms with Crippen LogP contribution in [0.3, 0.4) is 0 Å². The second-order valence-electron chi connectivity index (χ2n) is 9.04. The van der Waals surface area contributed by atoms with Crippen molar-refractivity contribution in [3.05, 3.63) is 47.7 Å². The summed E-state index contributed by atoms with van der Waals surface area (Å²) in [6.07, 6.45) is 2.34. The molecule has 2 aliphatic heterocycles. The summed E-state index contributed by atoms with van der Waals surface area (Å²) >= 11 is 0. The molecule has 2 aliphatic rings. The summed E-state index contributed by atoms with van der Waals surface area (Å²) in [6, 6.07) is 4.84. The minimum atomic E-state index is -3.01. The van der Waals surface area contributed by atoms with Gasteiger partial charge in [0.15, 0.2) is 0 Å². The van der Waals surface area contributed by atoms with E-state index in [1.165, 1.54) is 18.2 Å². The Bertz CT molecular complexity index is 1170. The molecule has 5 N–H and O–H groups in total. The maximum Gasteiger partial charge on any atom is 0.387 e. The molecular formula is C22H27F3N6O3S. The van der Waals surface area contributed by atoms with Gasteiger partial charge in [-0.2, -0.15) is 8.78 Å². The first kappa shape index (κ1) is 25.2. The molecule has 35 heavy (non-hydrogen) atoms. The standard InChI is InChI=1S/C22H27F3N6O3S/c1-21(2)19(26)31-22(3,15-5-4-10-28-35(15,21)33)17-13(23)7-9-16(29-17)30-18(32)14-8-6-12(11-27-14)34-20(24)25/h6-9,11,15,20,28,33H,4-5,10H2,1-3H3,(H2,26,31)(H,29,30,32)/t15-,22-/m0/s1. The highest BCUT2D eigenvalue weighted by atomic mass is 32.3. The summed E-state index contributed by atoms with van der Waals surface area (Å²) in [5, 5.41) is 2.06. The number of fused-ring (bicyclic) bond motifs is 1. The highest BCUT2D eigenvalue weighted by molar-refractivity contribution is 8.29. The molecule has 2 aromatic heterocycles. The molecule has 13 heteroatoms. The average Bonchev–Trinajstić information content (AvgIpc) is 2.79. The normalized spacial score (nSPS) is 27.7. The number of nitrogens with one attached hydrogen (secondary N) is 2. The van der Waals surface area contributed by atoms with E-state index in [1.54, 1.807) is 6.92 Å². The number of amides is 1. The Balaban J connectivity index is 1.66. The lowest BCUT2D eigenvalue weighted by atomic mass is 9.89. The number of hydrogen-bond acceptors (Lipinski definition) is 8. The predicted octanol–water partition coefficient (Wildman–Crippen LogP) is 3.78. The average molecular weight is 513 g/mol. The second kappa shape index (κ2) is 8.95. The fraction of sp³-hybridized carbons (Fsp3) is 0.455. The monoisotopic (exact) mass is 512 g/mol. The van der Waals surface area contributed by atoms with E-state index in [2.05, 4.69) is 29.7 Å². The van der Waals surface area contributed by atoms with E-state index in [0.717, 1.165) is 18.7 Å². The zero-order valence-electron chi connectivity index (χ0n) is 19.4. The van der Waals surface area contributed by atoms with Gasteiger partial charge in [-0.15, -0.1) is 0 Å². The number of carbonyl (C=O) groups is 1. The van der Waals surface area contributed by atoms with Crippen LogP contribution in [0, 0.1) is 5.82 Å². The van der Waals surface area contributed by atoms with Crippen molar-refractivity contribution < 1.29 is 27.3 Å². The van der Waals surface area contributed by atoms with Crippen molar-refractivity contribution in [2.45, 2.75) is 55.8 Å². The van der Waals surface area contributed by atoms with Gasteiger partial charge in [-0.1, -0.05) is 10.5 Å². The minimum absolute atomic E-state index is 0.0308. The number of anilines is 1. The first-order valence-electron chi connectivity index (χ1n) is 10.9. The summed E-state index contributed by atoms with van der Waals surface area (Å²) in [4.78, 5) is 25.4. The molecule has 0 aliphatic carbocycles. The van der Waals surface area contributed by atoms with Gasteiger partial charge in [0.05, 0.1) is 16.2 Å². The zero-order chi connectivity index (χ0) is 25.6. The zero-order valence-corrected chi connectivity index (χ0v) is 20.2. The highest BCUT2D eigenvalue weighted by Gasteiger charge is 2.60. The number of hydrogen-bond donors (Lipinski definition) is 4. The second-order valence-corrected chi connectivity index (χ2v) is 12.2. The largest absolute Gasteiger partial charge is 0.433 e. The number of alkyl halides is 2. The van der Waals surface area contributed by atoms with Gasteiger partial charge in [0.1, 0.15) is 40.1 Å². The third-order valence-corrected chi connectivity index (χ3v) is 10.4. The van der Waals surface area contributed by atoms with Gasteiger partial charge in [-0.05, 0) is 57.9 Å². The van der Waals surface area contributed by atoms with Gasteiger partial charge in [0, 0.05) is 6.54 Å². The third kappa shape index (κ3) is 4.32. The van der Waals surface area contributed by atoms with Crippen LogP contribution in [0.1, 0.15) is 49.8 Å². The number of nitrogens with two attached hydrogens (primary N) is 1. The highest BCUT2D eigenvalue weighted by Crippen LogP contribution is 2.66. The topological polar surface area (TPSA) is 135 Å². The molecule has 0 radical (unpaired) electrons. The van der Waals surface area contributed by atoms with Gasteiger partial charge < -0.3 is 20.3 Å². The van der Waals surface area contributed by atoms with Crippen LogP contribution >= 0.6 is 10.5 Å². The predicted molar refractivity (Wildman–Crippen MR) is 127 cm³/mol. The van der Waals surface area contributed by atoms with Crippen molar-refractivity contribution in [1.29, 1.82) is 0 Å². The molecule has 3 atom stereocenters. The molecule has 190 valence electrons. The van der Waals surface area contributed by atoms with E-state index >= 15 is 4.39 Å². The van der Waals surface area contributed by atoms with Gasteiger partial charge >= 0.3 is 6.61 Å². The van der Waals surface area contributed by atoms with E-state index < -0.39 is 44.4 Å². The van der Waals surface area contributed by atoms with Crippen LogP contribution in [0.4, 0.5) is 19.0 Å². The van der Waals surface area contributed by atoms with Gasteiger partial charge in [-0.3, -0.25) is 14.5 Å².